The summed E-state index contributed by atoms with van der Waals surface area (Å²) in [5, 5.41) is 5.85. The standard InChI is InChI=1S/C17H15ClN2O4/c1-9-16(21)20-13-7-10(3-5-15(13)24-9)17(22)19-11-4-6-14(23-2)12(18)8-11/h3-9H,1-2H3,(H,19,22)(H,20,21). The van der Waals surface area contributed by atoms with E-state index in [0.717, 1.165) is 0 Å². The Bertz CT molecular complexity index is 822. The smallest absolute Gasteiger partial charge is 0.265 e. The summed E-state index contributed by atoms with van der Waals surface area (Å²) >= 11 is 6.04. The van der Waals surface area contributed by atoms with Crippen molar-refractivity contribution in [3.05, 3.63) is 47.0 Å². The monoisotopic (exact) mass is 346 g/mol. The molecule has 1 aliphatic rings. The van der Waals surface area contributed by atoms with Crippen LogP contribution in [0.3, 0.4) is 0 Å². The Balaban J connectivity index is 1.80. The second kappa shape index (κ2) is 6.41. The summed E-state index contributed by atoms with van der Waals surface area (Å²) in [4.78, 5) is 24.0. The van der Waals surface area contributed by atoms with Crippen molar-refractivity contribution in [2.24, 2.45) is 0 Å². The Morgan fingerprint density at radius 2 is 2.08 bits per heavy atom. The molecular formula is C17H15ClN2O4. The molecule has 6 nitrogen and oxygen atoms in total. The Hall–Kier alpha value is -2.73. The van der Waals surface area contributed by atoms with Crippen LogP contribution in [0.4, 0.5) is 11.4 Å². The fourth-order valence-electron chi connectivity index (χ4n) is 2.30. The van der Waals surface area contributed by atoms with Gasteiger partial charge in [-0.3, -0.25) is 9.59 Å². The lowest BCUT2D eigenvalue weighted by Crippen LogP contribution is -2.34. The molecule has 0 aliphatic carbocycles. The van der Waals surface area contributed by atoms with Crippen molar-refractivity contribution in [2.75, 3.05) is 17.7 Å². The molecule has 1 aliphatic heterocycles. The third kappa shape index (κ3) is 3.14. The number of carbonyl (C=O) groups is 2. The molecule has 2 amide bonds. The van der Waals surface area contributed by atoms with E-state index < -0.39 is 6.10 Å². The van der Waals surface area contributed by atoms with E-state index in [1.54, 1.807) is 43.3 Å². The van der Waals surface area contributed by atoms with Crippen molar-refractivity contribution in [1.29, 1.82) is 0 Å². The van der Waals surface area contributed by atoms with Crippen LogP contribution in [0.5, 0.6) is 11.5 Å². The number of anilines is 2. The van der Waals surface area contributed by atoms with Crippen molar-refractivity contribution in [2.45, 2.75) is 13.0 Å². The Labute approximate surface area is 143 Å². The van der Waals surface area contributed by atoms with Crippen LogP contribution in [-0.2, 0) is 4.79 Å². The summed E-state index contributed by atoms with van der Waals surface area (Å²) in [6.45, 7) is 1.66. The van der Waals surface area contributed by atoms with E-state index in [1.165, 1.54) is 7.11 Å². The molecule has 2 aromatic carbocycles. The summed E-state index contributed by atoms with van der Waals surface area (Å²) in [7, 11) is 1.52. The van der Waals surface area contributed by atoms with Gasteiger partial charge < -0.3 is 20.1 Å². The maximum atomic E-state index is 12.4. The number of rotatable bonds is 3. The molecule has 0 radical (unpaired) electrons. The maximum absolute atomic E-state index is 12.4. The first-order valence-corrected chi connectivity index (χ1v) is 7.62. The Kier molecular flexibility index (Phi) is 4.31. The van der Waals surface area contributed by atoms with Crippen LogP contribution < -0.4 is 20.1 Å². The fourth-order valence-corrected chi connectivity index (χ4v) is 2.56. The van der Waals surface area contributed by atoms with E-state index in [-0.39, 0.29) is 11.8 Å². The highest BCUT2D eigenvalue weighted by Gasteiger charge is 2.24. The SMILES string of the molecule is COc1ccc(NC(=O)c2ccc3c(c2)NC(=O)C(C)O3)cc1Cl. The van der Waals surface area contributed by atoms with E-state index >= 15 is 0 Å². The Morgan fingerprint density at radius 1 is 1.29 bits per heavy atom. The van der Waals surface area contributed by atoms with Crippen LogP contribution in [0.25, 0.3) is 0 Å². The minimum Gasteiger partial charge on any atom is -0.495 e. The zero-order chi connectivity index (χ0) is 17.3. The maximum Gasteiger partial charge on any atom is 0.265 e. The lowest BCUT2D eigenvalue weighted by atomic mass is 10.1. The van der Waals surface area contributed by atoms with Gasteiger partial charge in [0.1, 0.15) is 11.5 Å². The van der Waals surface area contributed by atoms with Gasteiger partial charge in [-0.05, 0) is 43.3 Å². The summed E-state index contributed by atoms with van der Waals surface area (Å²) in [5.74, 6) is 0.484. The molecule has 1 atom stereocenters. The molecule has 0 spiro atoms. The van der Waals surface area contributed by atoms with Gasteiger partial charge >= 0.3 is 0 Å². The van der Waals surface area contributed by atoms with Crippen molar-refractivity contribution in [1.82, 2.24) is 0 Å². The van der Waals surface area contributed by atoms with Gasteiger partial charge in [0.25, 0.3) is 11.8 Å². The first kappa shape index (κ1) is 16.1. The van der Waals surface area contributed by atoms with Gasteiger partial charge in [-0.1, -0.05) is 11.6 Å². The highest BCUT2D eigenvalue weighted by molar-refractivity contribution is 6.32. The topological polar surface area (TPSA) is 76.7 Å². The predicted octanol–water partition coefficient (Wildman–Crippen LogP) is 3.32. The van der Waals surface area contributed by atoms with E-state index in [0.29, 0.717) is 33.5 Å². The van der Waals surface area contributed by atoms with Gasteiger partial charge in [0, 0.05) is 11.3 Å². The average Bonchev–Trinajstić information content (AvgIpc) is 2.55. The van der Waals surface area contributed by atoms with E-state index in [4.69, 9.17) is 21.1 Å². The van der Waals surface area contributed by atoms with Gasteiger partial charge in [-0.2, -0.15) is 0 Å². The lowest BCUT2D eigenvalue weighted by Gasteiger charge is -2.23. The molecule has 0 fully saturated rings. The molecule has 2 aromatic rings. The highest BCUT2D eigenvalue weighted by Crippen LogP contribution is 2.31. The van der Waals surface area contributed by atoms with Crippen LogP contribution >= 0.6 is 11.6 Å². The van der Waals surface area contributed by atoms with Gasteiger partial charge in [0.05, 0.1) is 17.8 Å². The number of hydrogen-bond donors (Lipinski definition) is 2. The van der Waals surface area contributed by atoms with E-state index in [2.05, 4.69) is 10.6 Å². The van der Waals surface area contributed by atoms with Crippen LogP contribution in [-0.4, -0.2) is 25.0 Å². The number of carbonyl (C=O) groups excluding carboxylic acids is 2. The second-order valence-corrected chi connectivity index (χ2v) is 5.67. The van der Waals surface area contributed by atoms with Crippen LogP contribution in [0.2, 0.25) is 5.02 Å². The average molecular weight is 347 g/mol. The second-order valence-electron chi connectivity index (χ2n) is 5.26. The number of methoxy groups -OCH3 is 1. The first-order chi connectivity index (χ1) is 11.5. The number of amides is 2. The molecule has 3 rings (SSSR count). The minimum absolute atomic E-state index is 0.248. The first-order valence-electron chi connectivity index (χ1n) is 7.24. The third-order valence-corrected chi connectivity index (χ3v) is 3.88. The molecular weight excluding hydrogens is 332 g/mol. The highest BCUT2D eigenvalue weighted by atomic mass is 35.5. The largest absolute Gasteiger partial charge is 0.495 e. The number of fused-ring (bicyclic) bond motifs is 1. The molecule has 0 aromatic heterocycles. The van der Waals surface area contributed by atoms with Crippen molar-refractivity contribution in [3.8, 4) is 11.5 Å². The molecule has 7 heteroatoms. The molecule has 0 saturated carbocycles. The van der Waals surface area contributed by atoms with Crippen LogP contribution in [0.1, 0.15) is 17.3 Å². The molecule has 0 saturated heterocycles. The van der Waals surface area contributed by atoms with Gasteiger partial charge in [0.15, 0.2) is 6.10 Å². The molecule has 1 heterocycles. The fraction of sp³-hybridized carbons (Fsp3) is 0.176. The quantitative estimate of drug-likeness (QED) is 0.893. The summed E-state index contributed by atoms with van der Waals surface area (Å²) in [6.07, 6.45) is -0.557. The van der Waals surface area contributed by atoms with E-state index in [9.17, 15) is 9.59 Å². The Morgan fingerprint density at radius 3 is 2.79 bits per heavy atom. The van der Waals surface area contributed by atoms with Gasteiger partial charge in [0.2, 0.25) is 0 Å². The summed E-state index contributed by atoms with van der Waals surface area (Å²) in [5.41, 5.74) is 1.40. The van der Waals surface area contributed by atoms with Crippen molar-refractivity contribution >= 4 is 34.8 Å². The molecule has 124 valence electrons. The van der Waals surface area contributed by atoms with E-state index in [1.807, 2.05) is 0 Å². The summed E-state index contributed by atoms with van der Waals surface area (Å²) < 4.78 is 10.5. The predicted molar refractivity (Wildman–Crippen MR) is 91.1 cm³/mol. The third-order valence-electron chi connectivity index (χ3n) is 3.58. The van der Waals surface area contributed by atoms with Crippen LogP contribution in [0.15, 0.2) is 36.4 Å². The molecule has 24 heavy (non-hydrogen) atoms. The summed E-state index contributed by atoms with van der Waals surface area (Å²) in [6, 6.07) is 9.81. The van der Waals surface area contributed by atoms with Crippen LogP contribution in [0, 0.1) is 0 Å². The zero-order valence-electron chi connectivity index (χ0n) is 13.1. The molecule has 1 unspecified atom stereocenters. The zero-order valence-corrected chi connectivity index (χ0v) is 13.8. The normalized spacial score (nSPS) is 15.8. The number of ether oxygens (including phenoxy) is 2. The minimum atomic E-state index is -0.557. The lowest BCUT2D eigenvalue weighted by molar-refractivity contribution is -0.122. The number of hydrogen-bond acceptors (Lipinski definition) is 4. The number of benzene rings is 2. The molecule has 0 bridgehead atoms. The number of halogens is 1. The molecule has 2 N–H and O–H groups in total. The number of nitrogens with one attached hydrogen (secondary N) is 2. The van der Waals surface area contributed by atoms with Crippen molar-refractivity contribution < 1.29 is 19.1 Å². The van der Waals surface area contributed by atoms with Gasteiger partial charge in [-0.15, -0.1) is 0 Å². The van der Waals surface area contributed by atoms with Gasteiger partial charge in [-0.25, -0.2) is 0 Å². The van der Waals surface area contributed by atoms with Crippen molar-refractivity contribution in [3.63, 3.8) is 0 Å².